The van der Waals surface area contributed by atoms with E-state index in [0.29, 0.717) is 39.0 Å². The lowest BCUT2D eigenvalue weighted by molar-refractivity contribution is -0.203. The fraction of sp³-hybridized carbons (Fsp3) is 0.657. The van der Waals surface area contributed by atoms with Crippen molar-refractivity contribution in [2.45, 2.75) is 98.9 Å². The second-order valence-corrected chi connectivity index (χ2v) is 14.1. The molecule has 0 aliphatic carbocycles. The number of nitrogens with zero attached hydrogens (tertiary/aromatic N) is 3. The zero-order chi connectivity index (χ0) is 34.6. The molecule has 1 aromatic carbocycles. The molecule has 2 fully saturated rings. The van der Waals surface area contributed by atoms with Gasteiger partial charge in [-0.05, 0) is 70.3 Å². The van der Waals surface area contributed by atoms with Gasteiger partial charge in [-0.2, -0.15) is 0 Å². The van der Waals surface area contributed by atoms with Crippen LogP contribution in [-0.4, -0.2) is 77.1 Å². The summed E-state index contributed by atoms with van der Waals surface area (Å²) >= 11 is 0. The third-order valence-electron chi connectivity index (χ3n) is 7.69. The van der Waals surface area contributed by atoms with E-state index in [9.17, 15) is 19.2 Å². The van der Waals surface area contributed by atoms with Crippen molar-refractivity contribution in [2.75, 3.05) is 26.2 Å². The van der Waals surface area contributed by atoms with Crippen molar-refractivity contribution < 1.29 is 33.5 Å². The van der Waals surface area contributed by atoms with Gasteiger partial charge in [0.25, 0.3) is 0 Å². The summed E-state index contributed by atoms with van der Waals surface area (Å²) in [6.45, 7) is 14.5. The summed E-state index contributed by atoms with van der Waals surface area (Å²) < 4.78 is 11.2. The molecular formula is C35H55N5O7. The molecule has 2 heterocycles. The van der Waals surface area contributed by atoms with Gasteiger partial charge in [-0.1, -0.05) is 70.2 Å². The van der Waals surface area contributed by atoms with Gasteiger partial charge in [0.15, 0.2) is 6.29 Å². The van der Waals surface area contributed by atoms with Gasteiger partial charge >= 0.3 is 12.1 Å². The minimum absolute atomic E-state index is 0.00262. The first-order valence-electron chi connectivity index (χ1n) is 16.9. The second-order valence-electron chi connectivity index (χ2n) is 14.1. The Morgan fingerprint density at radius 1 is 0.957 bits per heavy atom. The van der Waals surface area contributed by atoms with Crippen LogP contribution in [-0.2, 0) is 23.9 Å². The maximum Gasteiger partial charge on any atom is 0.429 e. The maximum atomic E-state index is 14.2. The Morgan fingerprint density at radius 2 is 1.66 bits per heavy atom. The van der Waals surface area contributed by atoms with E-state index in [1.807, 2.05) is 70.2 Å². The molecule has 0 radical (unpaired) electrons. The first-order valence-corrected chi connectivity index (χ1v) is 16.9. The van der Waals surface area contributed by atoms with E-state index in [0.717, 1.165) is 18.4 Å². The monoisotopic (exact) mass is 657 g/mol. The number of benzene rings is 1. The fourth-order valence-corrected chi connectivity index (χ4v) is 5.54. The third-order valence-corrected chi connectivity index (χ3v) is 7.69. The molecule has 1 unspecified atom stereocenters. The molecule has 1 aromatic rings. The molecular weight excluding hydrogens is 602 g/mol. The molecule has 262 valence electrons. The van der Waals surface area contributed by atoms with Crippen molar-refractivity contribution in [1.82, 2.24) is 25.9 Å². The molecule has 12 nitrogen and oxygen atoms in total. The van der Waals surface area contributed by atoms with Gasteiger partial charge in [-0.25, -0.2) is 34.9 Å². The minimum atomic E-state index is -0.804. The summed E-state index contributed by atoms with van der Waals surface area (Å²) in [5.41, 5.74) is 5.65. The first kappa shape index (κ1) is 37.8. The van der Waals surface area contributed by atoms with E-state index < -0.39 is 47.7 Å². The predicted octanol–water partition coefficient (Wildman–Crippen LogP) is 5.91. The van der Waals surface area contributed by atoms with Gasteiger partial charge in [0, 0.05) is 32.7 Å². The van der Waals surface area contributed by atoms with E-state index in [-0.39, 0.29) is 24.8 Å². The van der Waals surface area contributed by atoms with Crippen molar-refractivity contribution in [3.8, 4) is 0 Å². The van der Waals surface area contributed by atoms with Gasteiger partial charge in [0.05, 0.1) is 11.8 Å². The summed E-state index contributed by atoms with van der Waals surface area (Å²) in [4.78, 5) is 60.4. The van der Waals surface area contributed by atoms with Crippen LogP contribution >= 0.6 is 0 Å². The fourth-order valence-electron chi connectivity index (χ4n) is 5.54. The topological polar surface area (TPSA) is 130 Å². The number of allylic oxidation sites excluding steroid dienone is 1. The second kappa shape index (κ2) is 18.1. The smallest absolute Gasteiger partial charge is 0.429 e. The Morgan fingerprint density at radius 3 is 2.28 bits per heavy atom. The molecule has 2 N–H and O–H groups in total. The van der Waals surface area contributed by atoms with Gasteiger partial charge in [0.1, 0.15) is 5.60 Å². The van der Waals surface area contributed by atoms with Crippen molar-refractivity contribution >= 4 is 30.0 Å². The van der Waals surface area contributed by atoms with Crippen LogP contribution in [0.15, 0.2) is 36.4 Å². The summed E-state index contributed by atoms with van der Waals surface area (Å²) in [6.07, 6.45) is 6.40. The molecule has 0 aromatic heterocycles. The SMILES string of the molecule is CC(C)C[C@@H](C(=O)NN(CC(C)C)C(=O)N1CCCN1C(=O)OC(C)(C)C)[C@H](CC=Cc1ccccc1)C(=O)NOC1CCCCO1. The molecule has 3 atom stereocenters. The number of urea groups is 1. The Bertz CT molecular complexity index is 1190. The van der Waals surface area contributed by atoms with E-state index >= 15 is 0 Å². The van der Waals surface area contributed by atoms with E-state index in [1.165, 1.54) is 15.0 Å². The standard InChI is InChI=1S/C35H55N5O7/c1-25(2)23-29(28(18-13-17-27-15-9-8-10-16-27)32(42)37-47-30-19-11-12-22-45-30)31(41)36-38(24-26(3)4)33(43)39-20-14-21-40(39)34(44)46-35(5,6)7/h8-10,13,15-17,25-26,28-30H,11-12,14,18-24H2,1-7H3,(H,36,41)(H,37,42)/t28-,29+,30?/m0/s1. The van der Waals surface area contributed by atoms with Gasteiger partial charge in [-0.3, -0.25) is 15.0 Å². The van der Waals surface area contributed by atoms with Crippen molar-refractivity contribution in [3.05, 3.63) is 42.0 Å². The van der Waals surface area contributed by atoms with Crippen LogP contribution < -0.4 is 10.9 Å². The summed E-state index contributed by atoms with van der Waals surface area (Å²) in [5, 5.41) is 3.86. The zero-order valence-corrected chi connectivity index (χ0v) is 29.2. The molecule has 0 bridgehead atoms. The average Bonchev–Trinajstić information content (AvgIpc) is 3.51. The normalized spacial score (nSPS) is 18.4. The number of hydroxylamine groups is 1. The Labute approximate surface area is 280 Å². The lowest BCUT2D eigenvalue weighted by Crippen LogP contribution is -2.58. The number of nitrogens with one attached hydrogen (secondary N) is 2. The number of carbonyl (C=O) groups excluding carboxylic acids is 4. The molecule has 3 rings (SSSR count). The highest BCUT2D eigenvalue weighted by Crippen LogP contribution is 2.27. The van der Waals surface area contributed by atoms with Gasteiger partial charge in [-0.15, -0.1) is 0 Å². The minimum Gasteiger partial charge on any atom is -0.442 e. The third kappa shape index (κ3) is 12.5. The zero-order valence-electron chi connectivity index (χ0n) is 29.2. The Balaban J connectivity index is 1.85. The van der Waals surface area contributed by atoms with Crippen LogP contribution in [0.1, 0.15) is 92.6 Å². The van der Waals surface area contributed by atoms with Crippen LogP contribution in [0.5, 0.6) is 0 Å². The van der Waals surface area contributed by atoms with Crippen LogP contribution in [0, 0.1) is 23.7 Å². The number of hydrogen-bond acceptors (Lipinski definition) is 7. The highest BCUT2D eigenvalue weighted by atomic mass is 16.8. The number of carbonyl (C=O) groups is 4. The van der Waals surface area contributed by atoms with Gasteiger partial charge in [0.2, 0.25) is 11.8 Å². The molecule has 0 saturated carbocycles. The van der Waals surface area contributed by atoms with E-state index in [4.69, 9.17) is 14.3 Å². The molecule has 2 aliphatic rings. The average molecular weight is 658 g/mol. The first-order chi connectivity index (χ1) is 22.2. The summed E-state index contributed by atoms with van der Waals surface area (Å²) in [7, 11) is 0. The lowest BCUT2D eigenvalue weighted by Gasteiger charge is -2.36. The molecule has 2 aliphatic heterocycles. The lowest BCUT2D eigenvalue weighted by atomic mass is 9.82. The number of rotatable bonds is 12. The van der Waals surface area contributed by atoms with Crippen LogP contribution in [0.4, 0.5) is 9.59 Å². The predicted molar refractivity (Wildman–Crippen MR) is 179 cm³/mol. The molecule has 2 saturated heterocycles. The highest BCUT2D eigenvalue weighted by molar-refractivity contribution is 5.89. The summed E-state index contributed by atoms with van der Waals surface area (Å²) in [5.74, 6) is -2.43. The van der Waals surface area contributed by atoms with Gasteiger partial charge < -0.3 is 9.47 Å². The van der Waals surface area contributed by atoms with Crippen LogP contribution in [0.2, 0.25) is 0 Å². The Hall–Kier alpha value is -3.64. The maximum absolute atomic E-state index is 14.2. The molecule has 12 heteroatoms. The number of hydrogen-bond donors (Lipinski definition) is 2. The molecule has 47 heavy (non-hydrogen) atoms. The largest absolute Gasteiger partial charge is 0.442 e. The van der Waals surface area contributed by atoms with E-state index in [2.05, 4.69) is 10.9 Å². The Kier molecular flexibility index (Phi) is 14.5. The van der Waals surface area contributed by atoms with Crippen LogP contribution in [0.3, 0.4) is 0 Å². The van der Waals surface area contributed by atoms with Crippen molar-refractivity contribution in [3.63, 3.8) is 0 Å². The summed E-state index contributed by atoms with van der Waals surface area (Å²) in [6, 6.07) is 9.17. The van der Waals surface area contributed by atoms with Crippen LogP contribution in [0.25, 0.3) is 6.08 Å². The number of amides is 5. The molecule has 0 spiro atoms. The number of hydrazine groups is 2. The number of ether oxygens (including phenoxy) is 2. The quantitative estimate of drug-likeness (QED) is 0.268. The van der Waals surface area contributed by atoms with Crippen molar-refractivity contribution in [1.29, 1.82) is 0 Å². The van der Waals surface area contributed by atoms with Crippen molar-refractivity contribution in [2.24, 2.45) is 23.7 Å². The molecule has 5 amide bonds. The van der Waals surface area contributed by atoms with E-state index in [1.54, 1.807) is 20.8 Å². The highest BCUT2D eigenvalue weighted by Gasteiger charge is 2.39.